The molecule has 0 bridgehead atoms. The van der Waals surface area contributed by atoms with Gasteiger partial charge in [-0.05, 0) is 17.7 Å². The van der Waals surface area contributed by atoms with Crippen LogP contribution in [0.5, 0.6) is 5.75 Å². The lowest BCUT2D eigenvalue weighted by atomic mass is 10.1. The van der Waals surface area contributed by atoms with E-state index in [4.69, 9.17) is 19.8 Å². The number of Topliss-reactive ketones (excluding diaryl/α,β-unsaturated/α-hetero) is 1. The molecule has 0 aromatic heterocycles. The molecule has 0 aliphatic heterocycles. The predicted molar refractivity (Wildman–Crippen MR) is 90.9 cm³/mol. The van der Waals surface area contributed by atoms with Gasteiger partial charge < -0.3 is 15.7 Å². The first kappa shape index (κ1) is 26.6. The average molecular weight is 350 g/mol. The fourth-order valence-corrected chi connectivity index (χ4v) is 1.26. The lowest BCUT2D eigenvalue weighted by molar-refractivity contribution is -0.191. The van der Waals surface area contributed by atoms with E-state index >= 15 is 0 Å². The molecule has 4 N–H and O–H groups in total. The van der Waals surface area contributed by atoms with Gasteiger partial charge in [-0.15, -0.1) is 0 Å². The predicted octanol–water partition coefficient (Wildman–Crippen LogP) is 1.89. The van der Waals surface area contributed by atoms with E-state index in [1.54, 1.807) is 0 Å². The minimum Gasteiger partial charge on any atom is -0.508 e. The highest BCUT2D eigenvalue weighted by Gasteiger charge is 2.11. The molecule has 7 heteroatoms. The van der Waals surface area contributed by atoms with Crippen LogP contribution in [0.1, 0.15) is 19.4 Å². The Hall–Kier alpha value is -3.28. The van der Waals surface area contributed by atoms with Crippen molar-refractivity contribution < 1.29 is 34.9 Å². The van der Waals surface area contributed by atoms with E-state index in [1.165, 1.54) is 24.3 Å². The van der Waals surface area contributed by atoms with E-state index < -0.39 is 11.8 Å². The van der Waals surface area contributed by atoms with Crippen molar-refractivity contribution in [3.05, 3.63) is 66.2 Å². The van der Waals surface area contributed by atoms with E-state index in [0.717, 1.165) is 0 Å². The standard InChI is InChI=1S/C9H8O4.C6H6.C2H6.CO2.H2O/c10-7-3-1-6(2-4-7)5-8(11)9(12)13;1-2-4-6-5-3-1;1-2;2-1-3;/h1-4,10H,5H2,(H,12,13);1-6H;1-2H3;;1H2. The number of hydrogen-bond donors (Lipinski definition) is 2. The molecule has 0 unspecified atom stereocenters. The van der Waals surface area contributed by atoms with Crippen molar-refractivity contribution >= 4 is 17.9 Å². The molecule has 0 atom stereocenters. The zero-order valence-corrected chi connectivity index (χ0v) is 14.0. The maximum Gasteiger partial charge on any atom is 0.373 e. The average Bonchev–Trinajstić information content (AvgIpc) is 2.61. The zero-order chi connectivity index (χ0) is 18.8. The van der Waals surface area contributed by atoms with Gasteiger partial charge in [0.25, 0.3) is 0 Å². The summed E-state index contributed by atoms with van der Waals surface area (Å²) >= 11 is 0. The summed E-state index contributed by atoms with van der Waals surface area (Å²) in [6.45, 7) is 4.00. The Bertz CT molecular complexity index is 574. The fraction of sp³-hybridized carbons (Fsp3) is 0.167. The van der Waals surface area contributed by atoms with Gasteiger partial charge in [-0.2, -0.15) is 9.59 Å². The minimum absolute atomic E-state index is 0. The second-order valence-electron chi connectivity index (χ2n) is 3.81. The molecular weight excluding hydrogens is 328 g/mol. The van der Waals surface area contributed by atoms with Gasteiger partial charge >= 0.3 is 12.1 Å². The third kappa shape index (κ3) is 16.9. The molecule has 25 heavy (non-hydrogen) atoms. The van der Waals surface area contributed by atoms with Crippen LogP contribution < -0.4 is 0 Å². The highest BCUT2D eigenvalue weighted by molar-refractivity contribution is 6.33. The number of rotatable bonds is 3. The number of aromatic hydroxyl groups is 1. The molecule has 0 aliphatic carbocycles. The van der Waals surface area contributed by atoms with Gasteiger partial charge in [-0.3, -0.25) is 4.79 Å². The maximum absolute atomic E-state index is 10.7. The van der Waals surface area contributed by atoms with Gasteiger partial charge in [0.1, 0.15) is 5.75 Å². The molecule has 0 radical (unpaired) electrons. The third-order valence-corrected chi connectivity index (χ3v) is 2.21. The van der Waals surface area contributed by atoms with Crippen molar-refractivity contribution in [3.8, 4) is 5.75 Å². The number of ketones is 1. The van der Waals surface area contributed by atoms with Crippen LogP contribution in [0.15, 0.2) is 60.7 Å². The molecule has 0 heterocycles. The number of carbonyl (C=O) groups is 2. The Morgan fingerprint density at radius 1 is 0.880 bits per heavy atom. The quantitative estimate of drug-likeness (QED) is 0.810. The summed E-state index contributed by atoms with van der Waals surface area (Å²) in [5.41, 5.74) is 0.574. The lowest BCUT2D eigenvalue weighted by Gasteiger charge is -1.97. The van der Waals surface area contributed by atoms with E-state index in [0.29, 0.717) is 5.56 Å². The number of hydrogen-bond acceptors (Lipinski definition) is 5. The van der Waals surface area contributed by atoms with Crippen LogP contribution in [0.2, 0.25) is 0 Å². The Labute approximate surface area is 145 Å². The van der Waals surface area contributed by atoms with Crippen molar-refractivity contribution in [3.63, 3.8) is 0 Å². The molecule has 2 aromatic rings. The molecule has 136 valence electrons. The summed E-state index contributed by atoms with van der Waals surface area (Å²) in [4.78, 5) is 37.2. The number of aliphatic carboxylic acids is 1. The van der Waals surface area contributed by atoms with Crippen LogP contribution >= 0.6 is 0 Å². The summed E-state index contributed by atoms with van der Waals surface area (Å²) in [6.07, 6.45) is 0.107. The summed E-state index contributed by atoms with van der Waals surface area (Å²) in [6, 6.07) is 17.8. The summed E-state index contributed by atoms with van der Waals surface area (Å²) in [5, 5.41) is 17.2. The van der Waals surface area contributed by atoms with Gasteiger partial charge in [-0.25, -0.2) is 4.79 Å². The van der Waals surface area contributed by atoms with Crippen LogP contribution in [0.25, 0.3) is 0 Å². The van der Waals surface area contributed by atoms with E-state index in [1.807, 2.05) is 50.2 Å². The molecule has 0 spiro atoms. The van der Waals surface area contributed by atoms with E-state index in [-0.39, 0.29) is 23.8 Å². The smallest absolute Gasteiger partial charge is 0.373 e. The van der Waals surface area contributed by atoms with E-state index in [9.17, 15) is 9.59 Å². The monoisotopic (exact) mass is 350 g/mol. The molecule has 0 saturated heterocycles. The maximum atomic E-state index is 10.7. The van der Waals surface area contributed by atoms with Gasteiger partial charge in [0.05, 0.1) is 0 Å². The van der Waals surface area contributed by atoms with Crippen molar-refractivity contribution in [2.24, 2.45) is 0 Å². The highest BCUT2D eigenvalue weighted by Crippen LogP contribution is 2.10. The second-order valence-corrected chi connectivity index (χ2v) is 3.81. The van der Waals surface area contributed by atoms with Crippen molar-refractivity contribution in [2.45, 2.75) is 20.3 Å². The number of phenols is 1. The normalized spacial score (nSPS) is 7.44. The van der Waals surface area contributed by atoms with Gasteiger partial charge in [0.2, 0.25) is 5.78 Å². The molecular formula is C18H22O7. The second kappa shape index (κ2) is 18.8. The molecule has 0 aliphatic rings. The van der Waals surface area contributed by atoms with Crippen LogP contribution in [0.4, 0.5) is 0 Å². The molecule has 0 saturated carbocycles. The lowest BCUT2D eigenvalue weighted by Crippen LogP contribution is -2.14. The first-order valence-corrected chi connectivity index (χ1v) is 7.04. The largest absolute Gasteiger partial charge is 0.508 e. The minimum atomic E-state index is -1.44. The first-order valence-electron chi connectivity index (χ1n) is 7.04. The van der Waals surface area contributed by atoms with Crippen LogP contribution in [0.3, 0.4) is 0 Å². The Balaban J connectivity index is -0.000000337. The molecule has 2 aromatic carbocycles. The molecule has 0 amide bonds. The van der Waals surface area contributed by atoms with Gasteiger partial charge in [-0.1, -0.05) is 62.4 Å². The number of phenolic OH excluding ortho intramolecular Hbond substituents is 1. The number of carbonyl (C=O) groups excluding carboxylic acids is 3. The number of carboxylic acid groups (broad SMARTS) is 1. The number of carboxylic acids is 1. The first-order chi connectivity index (χ1) is 11.5. The molecule has 7 nitrogen and oxygen atoms in total. The third-order valence-electron chi connectivity index (χ3n) is 2.21. The number of benzene rings is 2. The zero-order valence-electron chi connectivity index (χ0n) is 14.0. The van der Waals surface area contributed by atoms with E-state index in [2.05, 4.69) is 0 Å². The molecule has 0 fully saturated rings. The topological polar surface area (TPSA) is 140 Å². The van der Waals surface area contributed by atoms with Crippen LogP contribution in [0, 0.1) is 0 Å². The van der Waals surface area contributed by atoms with Crippen LogP contribution in [-0.4, -0.2) is 33.6 Å². The fourth-order valence-electron chi connectivity index (χ4n) is 1.26. The SMILES string of the molecule is CC.O.O=C(O)C(=O)Cc1ccc(O)cc1.O=C=O.c1ccccc1. The summed E-state index contributed by atoms with van der Waals surface area (Å²) < 4.78 is 0. The Morgan fingerprint density at radius 2 is 1.20 bits per heavy atom. The van der Waals surface area contributed by atoms with Crippen LogP contribution in [-0.2, 0) is 25.6 Å². The van der Waals surface area contributed by atoms with Gasteiger partial charge in [0.15, 0.2) is 0 Å². The van der Waals surface area contributed by atoms with Crippen molar-refractivity contribution in [1.29, 1.82) is 0 Å². The summed E-state index contributed by atoms with van der Waals surface area (Å²) in [7, 11) is 0. The summed E-state index contributed by atoms with van der Waals surface area (Å²) in [5.74, 6) is -2.20. The van der Waals surface area contributed by atoms with Crippen molar-refractivity contribution in [2.75, 3.05) is 0 Å². The highest BCUT2D eigenvalue weighted by atomic mass is 16.4. The molecule has 2 rings (SSSR count). The Kier molecular flexibility index (Phi) is 20.0. The Morgan fingerprint density at radius 3 is 1.48 bits per heavy atom. The van der Waals surface area contributed by atoms with Crippen molar-refractivity contribution in [1.82, 2.24) is 0 Å². The van der Waals surface area contributed by atoms with Gasteiger partial charge in [0, 0.05) is 6.42 Å².